The van der Waals surface area contributed by atoms with Gasteiger partial charge in [-0.05, 0) is 35.1 Å². The average Bonchev–Trinajstić information content (AvgIpc) is 3.26. The van der Waals surface area contributed by atoms with Crippen LogP contribution in [0, 0.1) is 0 Å². The lowest BCUT2D eigenvalue weighted by Crippen LogP contribution is -2.61. The van der Waals surface area contributed by atoms with Gasteiger partial charge in [0.25, 0.3) is 0 Å². The number of hydrogen-bond acceptors (Lipinski definition) is 7. The van der Waals surface area contributed by atoms with E-state index in [4.69, 9.17) is 33.5 Å². The third kappa shape index (κ3) is 17.6. The van der Waals surface area contributed by atoms with Crippen molar-refractivity contribution in [1.29, 1.82) is 0 Å². The third-order valence-corrected chi connectivity index (χ3v) is 10.7. The zero-order valence-corrected chi connectivity index (χ0v) is 34.2. The van der Waals surface area contributed by atoms with Crippen LogP contribution in [0.5, 0.6) is 0 Å². The van der Waals surface area contributed by atoms with Crippen molar-refractivity contribution in [2.75, 3.05) is 19.8 Å². The number of aliphatic hydroxyl groups is 1. The highest BCUT2D eigenvalue weighted by molar-refractivity contribution is 5.16. The summed E-state index contributed by atoms with van der Waals surface area (Å²) in [5, 5.41) is 8.93. The average molecular weight is 781 g/mol. The summed E-state index contributed by atoms with van der Waals surface area (Å²) >= 11 is 0. The molecular formula is C50H68O7. The molecule has 7 nitrogen and oxygen atoms in total. The molecule has 0 aromatic heterocycles. The van der Waals surface area contributed by atoms with E-state index in [1.165, 1.54) is 64.2 Å². The summed E-state index contributed by atoms with van der Waals surface area (Å²) in [6.07, 6.45) is 14.6. The van der Waals surface area contributed by atoms with Gasteiger partial charge in [0.05, 0.1) is 33.0 Å². The van der Waals surface area contributed by atoms with Crippen LogP contribution in [0.3, 0.4) is 0 Å². The minimum atomic E-state index is -0.661. The zero-order chi connectivity index (χ0) is 39.4. The molecule has 0 bridgehead atoms. The van der Waals surface area contributed by atoms with E-state index < -0.39 is 30.7 Å². The highest BCUT2D eigenvalue weighted by Gasteiger charge is 2.49. The Balaban J connectivity index is 1.21. The van der Waals surface area contributed by atoms with Gasteiger partial charge < -0.3 is 33.5 Å². The van der Waals surface area contributed by atoms with Crippen molar-refractivity contribution in [3.05, 3.63) is 144 Å². The van der Waals surface area contributed by atoms with Crippen molar-refractivity contribution >= 4 is 0 Å². The van der Waals surface area contributed by atoms with Crippen LogP contribution in [0.4, 0.5) is 0 Å². The molecule has 0 radical (unpaired) electrons. The Labute approximate surface area is 343 Å². The second kappa shape index (κ2) is 28.1. The van der Waals surface area contributed by atoms with Gasteiger partial charge in [0.15, 0.2) is 6.29 Å². The molecule has 0 aliphatic carbocycles. The van der Waals surface area contributed by atoms with E-state index in [-0.39, 0.29) is 0 Å². The molecule has 1 unspecified atom stereocenters. The first-order valence-corrected chi connectivity index (χ1v) is 21.8. The fourth-order valence-corrected chi connectivity index (χ4v) is 7.42. The van der Waals surface area contributed by atoms with Crippen molar-refractivity contribution in [3.8, 4) is 0 Å². The Morgan fingerprint density at radius 1 is 0.386 bits per heavy atom. The first kappa shape index (κ1) is 44.7. The van der Waals surface area contributed by atoms with Gasteiger partial charge in [0.2, 0.25) is 0 Å². The molecule has 5 rings (SSSR count). The summed E-state index contributed by atoms with van der Waals surface area (Å²) in [4.78, 5) is 0. The van der Waals surface area contributed by atoms with Crippen LogP contribution in [0.25, 0.3) is 0 Å². The molecule has 310 valence electrons. The monoisotopic (exact) mass is 780 g/mol. The minimum Gasteiger partial charge on any atom is -0.396 e. The molecule has 5 atom stereocenters. The fourth-order valence-electron chi connectivity index (χ4n) is 7.42. The molecular weight excluding hydrogens is 713 g/mol. The molecule has 1 saturated heterocycles. The quantitative estimate of drug-likeness (QED) is 0.0528. The van der Waals surface area contributed by atoms with Crippen molar-refractivity contribution in [1.82, 2.24) is 0 Å². The molecule has 4 aromatic rings. The van der Waals surface area contributed by atoms with E-state index in [9.17, 15) is 0 Å². The molecule has 1 heterocycles. The smallest absolute Gasteiger partial charge is 0.186 e. The Morgan fingerprint density at radius 2 is 0.754 bits per heavy atom. The van der Waals surface area contributed by atoms with Crippen LogP contribution < -0.4 is 0 Å². The molecule has 57 heavy (non-hydrogen) atoms. The van der Waals surface area contributed by atoms with E-state index >= 15 is 0 Å². The first-order valence-electron chi connectivity index (χ1n) is 21.8. The zero-order valence-electron chi connectivity index (χ0n) is 34.2. The first-order chi connectivity index (χ1) is 28.3. The maximum absolute atomic E-state index is 8.93. The fraction of sp³-hybridized carbons (Fsp3) is 0.520. The second-order valence-corrected chi connectivity index (χ2v) is 15.4. The number of benzene rings is 4. The molecule has 1 N–H and O–H groups in total. The van der Waals surface area contributed by atoms with E-state index in [1.807, 2.05) is 72.8 Å². The molecule has 0 saturated carbocycles. The van der Waals surface area contributed by atoms with Gasteiger partial charge in [0, 0.05) is 13.2 Å². The van der Waals surface area contributed by atoms with Crippen LogP contribution in [0.1, 0.15) is 112 Å². The second-order valence-electron chi connectivity index (χ2n) is 15.4. The summed E-state index contributed by atoms with van der Waals surface area (Å²) in [6.45, 7) is 2.88. The molecule has 1 aliphatic rings. The van der Waals surface area contributed by atoms with Crippen LogP contribution in [0.2, 0.25) is 0 Å². The number of aliphatic hydroxyl groups excluding tert-OH is 1. The van der Waals surface area contributed by atoms with E-state index in [2.05, 4.69) is 48.5 Å². The summed E-state index contributed by atoms with van der Waals surface area (Å²) in [6, 6.07) is 40.9. The van der Waals surface area contributed by atoms with Gasteiger partial charge in [-0.2, -0.15) is 0 Å². The highest BCUT2D eigenvalue weighted by atomic mass is 16.7. The van der Waals surface area contributed by atoms with Crippen LogP contribution >= 0.6 is 0 Å². The molecule has 0 spiro atoms. The van der Waals surface area contributed by atoms with Crippen LogP contribution in [0.15, 0.2) is 121 Å². The predicted molar refractivity (Wildman–Crippen MR) is 227 cm³/mol. The molecule has 4 aromatic carbocycles. The topological polar surface area (TPSA) is 75.6 Å². The normalized spacial score (nSPS) is 19.5. The van der Waals surface area contributed by atoms with E-state index in [1.54, 1.807) is 0 Å². The number of ether oxygens (including phenoxy) is 6. The SMILES string of the molecule is OCCCCCCCCCCCCCCCCOC1O[C@H](COCc2ccccc2)[C@H](OCc2ccccc2)[C@H](OCc2ccccc2)[C@H]1OCc1ccccc1. The molecule has 7 heteroatoms. The van der Waals surface area contributed by atoms with Crippen molar-refractivity contribution < 1.29 is 33.5 Å². The van der Waals surface area contributed by atoms with Crippen molar-refractivity contribution in [2.24, 2.45) is 0 Å². The lowest BCUT2D eigenvalue weighted by Gasteiger charge is -2.46. The Hall–Kier alpha value is -3.40. The standard InChI is InChI=1S/C50H68O7/c51-35-25-11-9-7-5-3-1-2-4-6-8-10-12-26-36-53-50-49(56-40-45-33-23-16-24-34-45)48(55-39-44-31-21-15-22-32-44)47(54-38-43-29-19-14-20-30-43)46(57-50)41-52-37-42-27-17-13-18-28-42/h13-24,27-34,46-51H,1-12,25-26,35-41H2/t46-,47+,48+,49-,50?/m1/s1. The maximum Gasteiger partial charge on any atom is 0.186 e. The van der Waals surface area contributed by atoms with Crippen molar-refractivity contribution in [2.45, 2.75) is 147 Å². The Morgan fingerprint density at radius 3 is 1.19 bits per heavy atom. The number of rotatable bonds is 30. The van der Waals surface area contributed by atoms with Gasteiger partial charge in [-0.1, -0.05) is 198 Å². The minimum absolute atomic E-state index is 0.315. The number of hydrogen-bond donors (Lipinski definition) is 1. The van der Waals surface area contributed by atoms with Crippen molar-refractivity contribution in [3.63, 3.8) is 0 Å². The van der Waals surface area contributed by atoms with Gasteiger partial charge in [0.1, 0.15) is 24.4 Å². The predicted octanol–water partition coefficient (Wildman–Crippen LogP) is 11.2. The molecule has 1 aliphatic heterocycles. The van der Waals surface area contributed by atoms with Crippen LogP contribution in [-0.4, -0.2) is 55.6 Å². The Bertz CT molecular complexity index is 1520. The molecule has 0 amide bonds. The maximum atomic E-state index is 8.93. The van der Waals surface area contributed by atoms with Gasteiger partial charge in [-0.3, -0.25) is 0 Å². The lowest BCUT2D eigenvalue weighted by atomic mass is 9.97. The number of unbranched alkanes of at least 4 members (excludes halogenated alkanes) is 13. The summed E-state index contributed by atoms with van der Waals surface area (Å²) < 4.78 is 40.2. The third-order valence-electron chi connectivity index (χ3n) is 10.7. The van der Waals surface area contributed by atoms with E-state index in [0.717, 1.165) is 47.9 Å². The molecule has 1 fully saturated rings. The van der Waals surface area contributed by atoms with E-state index in [0.29, 0.717) is 46.2 Å². The summed E-state index contributed by atoms with van der Waals surface area (Å²) in [5.41, 5.74) is 4.32. The van der Waals surface area contributed by atoms with Gasteiger partial charge in [-0.25, -0.2) is 0 Å². The van der Waals surface area contributed by atoms with Crippen LogP contribution in [-0.2, 0) is 54.8 Å². The Kier molecular flexibility index (Phi) is 22.0. The highest BCUT2D eigenvalue weighted by Crippen LogP contribution is 2.32. The lowest BCUT2D eigenvalue weighted by molar-refractivity contribution is -0.328. The summed E-state index contributed by atoms with van der Waals surface area (Å²) in [7, 11) is 0. The van der Waals surface area contributed by atoms with Gasteiger partial charge >= 0.3 is 0 Å². The summed E-state index contributed by atoms with van der Waals surface area (Å²) in [5.74, 6) is 0. The largest absolute Gasteiger partial charge is 0.396 e. The van der Waals surface area contributed by atoms with Gasteiger partial charge in [-0.15, -0.1) is 0 Å².